The van der Waals surface area contributed by atoms with Crippen LogP contribution in [0.2, 0.25) is 0 Å². The molecule has 4 nitrogen and oxygen atoms in total. The summed E-state index contributed by atoms with van der Waals surface area (Å²) in [7, 11) is 3.50. The van der Waals surface area contributed by atoms with Gasteiger partial charge in [0.1, 0.15) is 6.04 Å². The van der Waals surface area contributed by atoms with Gasteiger partial charge in [-0.3, -0.25) is 4.79 Å². The fourth-order valence-electron chi connectivity index (χ4n) is 1.97. The molecule has 1 heterocycles. The minimum atomic E-state index is -0.304. The highest BCUT2D eigenvalue weighted by molar-refractivity contribution is 14.1. The molecule has 2 aromatic rings. The highest BCUT2D eigenvalue weighted by atomic mass is 127. The Morgan fingerprint density at radius 2 is 2.17 bits per heavy atom. The molecule has 1 unspecified atom stereocenters. The lowest BCUT2D eigenvalue weighted by molar-refractivity contribution is -0.131. The van der Waals surface area contributed by atoms with Crippen molar-refractivity contribution in [1.29, 1.82) is 0 Å². The zero-order valence-electron chi connectivity index (χ0n) is 10.4. The quantitative estimate of drug-likeness (QED) is 0.648. The van der Waals surface area contributed by atoms with Gasteiger partial charge in [-0.2, -0.15) is 0 Å². The maximum absolute atomic E-state index is 12.0. The highest BCUT2D eigenvalue weighted by Gasteiger charge is 2.19. The van der Waals surface area contributed by atoms with E-state index in [1.54, 1.807) is 19.0 Å². The number of aromatic amines is 1. The van der Waals surface area contributed by atoms with Crippen molar-refractivity contribution in [1.82, 2.24) is 14.5 Å². The van der Waals surface area contributed by atoms with Crippen LogP contribution in [0.3, 0.4) is 0 Å². The van der Waals surface area contributed by atoms with Crippen molar-refractivity contribution in [3.63, 3.8) is 0 Å². The van der Waals surface area contributed by atoms with E-state index in [2.05, 4.69) is 27.6 Å². The van der Waals surface area contributed by atoms with Gasteiger partial charge < -0.3 is 14.5 Å². The third kappa shape index (κ3) is 2.31. The van der Waals surface area contributed by atoms with Crippen molar-refractivity contribution in [2.24, 2.45) is 0 Å². The van der Waals surface area contributed by atoms with Crippen LogP contribution in [0.15, 0.2) is 18.2 Å². The molecule has 18 heavy (non-hydrogen) atoms. The molecule has 1 aromatic carbocycles. The summed E-state index contributed by atoms with van der Waals surface area (Å²) in [5.74, 6) is 0.0329. The molecular weight excluding hydrogens is 361 g/mol. The lowest BCUT2D eigenvalue weighted by Gasteiger charge is -2.18. The molecule has 0 aliphatic heterocycles. The first-order valence-electron chi connectivity index (χ1n) is 5.52. The number of halogens is 1. The van der Waals surface area contributed by atoms with Crippen LogP contribution in [-0.2, 0) is 4.79 Å². The molecule has 6 heteroatoms. The number of nitrogens with one attached hydrogen (secondary N) is 1. The maximum atomic E-state index is 12.0. The Morgan fingerprint density at radius 3 is 2.78 bits per heavy atom. The van der Waals surface area contributed by atoms with Crippen molar-refractivity contribution in [3.8, 4) is 0 Å². The number of hydrogen-bond acceptors (Lipinski definition) is 2. The molecule has 0 aliphatic rings. The monoisotopic (exact) mass is 375 g/mol. The molecule has 0 spiro atoms. The number of carbonyl (C=O) groups excluding carboxylic acids is 1. The lowest BCUT2D eigenvalue weighted by Crippen LogP contribution is -2.29. The first-order valence-corrected chi connectivity index (χ1v) is 7.01. The number of nitrogens with zero attached hydrogens (tertiary/aromatic N) is 2. The Balaban J connectivity index is 2.61. The van der Waals surface area contributed by atoms with Gasteiger partial charge in [-0.05, 0) is 59.9 Å². The van der Waals surface area contributed by atoms with Crippen molar-refractivity contribution in [2.75, 3.05) is 14.1 Å². The van der Waals surface area contributed by atoms with Crippen molar-refractivity contribution >= 4 is 51.7 Å². The molecule has 0 saturated heterocycles. The minimum absolute atomic E-state index is 0.0329. The van der Waals surface area contributed by atoms with Crippen LogP contribution >= 0.6 is 34.8 Å². The van der Waals surface area contributed by atoms with Gasteiger partial charge in [0.15, 0.2) is 4.77 Å². The first-order chi connectivity index (χ1) is 8.41. The maximum Gasteiger partial charge on any atom is 0.244 e. The Bertz CT molecular complexity index is 659. The van der Waals surface area contributed by atoms with Gasteiger partial charge in [0.2, 0.25) is 5.91 Å². The smallest absolute Gasteiger partial charge is 0.244 e. The van der Waals surface area contributed by atoms with Gasteiger partial charge in [-0.15, -0.1) is 0 Å². The van der Waals surface area contributed by atoms with E-state index < -0.39 is 0 Å². The average Bonchev–Trinajstić information content (AvgIpc) is 2.62. The molecule has 0 saturated carbocycles. The first kappa shape index (κ1) is 13.5. The number of hydrogen-bond donors (Lipinski definition) is 1. The third-order valence-electron chi connectivity index (χ3n) is 2.86. The molecule has 1 amide bonds. The number of rotatable bonds is 2. The Morgan fingerprint density at radius 1 is 1.50 bits per heavy atom. The zero-order chi connectivity index (χ0) is 13.4. The van der Waals surface area contributed by atoms with Crippen LogP contribution in [0.1, 0.15) is 13.0 Å². The second-order valence-corrected chi connectivity index (χ2v) is 6.00. The second-order valence-electron chi connectivity index (χ2n) is 4.37. The molecule has 96 valence electrons. The SMILES string of the molecule is CC(C(=O)N(C)C)n1c(=S)[nH]c2cc(I)ccc21. The summed E-state index contributed by atoms with van der Waals surface area (Å²) in [5, 5.41) is 0. The van der Waals surface area contributed by atoms with Crippen molar-refractivity contribution < 1.29 is 4.79 Å². The number of fused-ring (bicyclic) bond motifs is 1. The summed E-state index contributed by atoms with van der Waals surface area (Å²) >= 11 is 7.56. The van der Waals surface area contributed by atoms with E-state index >= 15 is 0 Å². The largest absolute Gasteiger partial charge is 0.347 e. The van der Waals surface area contributed by atoms with Crippen molar-refractivity contribution in [3.05, 3.63) is 26.5 Å². The van der Waals surface area contributed by atoms with Crippen LogP contribution in [0.4, 0.5) is 0 Å². The topological polar surface area (TPSA) is 41.0 Å². The molecule has 1 aromatic heterocycles. The summed E-state index contributed by atoms with van der Waals surface area (Å²) in [4.78, 5) is 16.8. The molecule has 2 rings (SSSR count). The van der Waals surface area contributed by atoms with Gasteiger partial charge in [0, 0.05) is 17.7 Å². The average molecular weight is 375 g/mol. The van der Waals surface area contributed by atoms with E-state index in [9.17, 15) is 4.79 Å². The number of benzene rings is 1. The molecule has 0 aliphatic carbocycles. The Kier molecular flexibility index (Phi) is 3.76. The number of H-pyrrole nitrogens is 1. The van der Waals surface area contributed by atoms with Crippen molar-refractivity contribution in [2.45, 2.75) is 13.0 Å². The van der Waals surface area contributed by atoms with E-state index in [0.29, 0.717) is 4.77 Å². The van der Waals surface area contributed by atoms with E-state index in [1.165, 1.54) is 0 Å². The standard InChI is InChI=1S/C12H14IN3OS/c1-7(11(17)15(2)3)16-10-5-4-8(13)6-9(10)14-12(16)18/h4-7H,1-3H3,(H,14,18). The summed E-state index contributed by atoms with van der Waals surface area (Å²) in [6.45, 7) is 1.86. The Labute approximate surface area is 124 Å². The highest BCUT2D eigenvalue weighted by Crippen LogP contribution is 2.22. The van der Waals surface area contributed by atoms with Gasteiger partial charge >= 0.3 is 0 Å². The number of aromatic nitrogens is 2. The van der Waals surface area contributed by atoms with Gasteiger partial charge in [0.05, 0.1) is 11.0 Å². The number of likely N-dealkylation sites (N-methyl/N-ethyl adjacent to an activating group) is 1. The zero-order valence-corrected chi connectivity index (χ0v) is 13.4. The molecule has 1 N–H and O–H groups in total. The second kappa shape index (κ2) is 5.00. The van der Waals surface area contributed by atoms with Crippen LogP contribution in [0.5, 0.6) is 0 Å². The summed E-state index contributed by atoms with van der Waals surface area (Å²) in [6.07, 6.45) is 0. The fourth-order valence-corrected chi connectivity index (χ4v) is 2.83. The van der Waals surface area contributed by atoms with Crippen LogP contribution < -0.4 is 0 Å². The van der Waals surface area contributed by atoms with Gasteiger partial charge in [-0.1, -0.05) is 0 Å². The third-order valence-corrected chi connectivity index (χ3v) is 3.83. The van der Waals surface area contributed by atoms with E-state index in [4.69, 9.17) is 12.2 Å². The van der Waals surface area contributed by atoms with E-state index in [-0.39, 0.29) is 11.9 Å². The van der Waals surface area contributed by atoms with Crippen LogP contribution in [-0.4, -0.2) is 34.5 Å². The van der Waals surface area contributed by atoms with Gasteiger partial charge in [0.25, 0.3) is 0 Å². The molecule has 0 radical (unpaired) electrons. The minimum Gasteiger partial charge on any atom is -0.347 e. The predicted octanol–water partition coefficient (Wildman–Crippen LogP) is 2.95. The van der Waals surface area contributed by atoms with E-state index in [0.717, 1.165) is 14.6 Å². The number of amides is 1. The van der Waals surface area contributed by atoms with E-state index in [1.807, 2.05) is 29.7 Å². The molecule has 0 fully saturated rings. The molecule has 1 atom stereocenters. The lowest BCUT2D eigenvalue weighted by atomic mass is 10.2. The molecule has 0 bridgehead atoms. The summed E-state index contributed by atoms with van der Waals surface area (Å²) < 4.78 is 3.58. The fraction of sp³-hybridized carbons (Fsp3) is 0.333. The molecular formula is C12H14IN3OS. The summed E-state index contributed by atoms with van der Waals surface area (Å²) in [5.41, 5.74) is 1.92. The summed E-state index contributed by atoms with van der Waals surface area (Å²) in [6, 6.07) is 5.72. The number of imidazole rings is 1. The van der Waals surface area contributed by atoms with Crippen LogP contribution in [0, 0.1) is 8.34 Å². The Hall–Kier alpha value is -0.890. The normalized spacial score (nSPS) is 12.7. The predicted molar refractivity (Wildman–Crippen MR) is 83.2 cm³/mol. The number of carbonyl (C=O) groups is 1. The van der Waals surface area contributed by atoms with Crippen LogP contribution in [0.25, 0.3) is 11.0 Å². The van der Waals surface area contributed by atoms with Gasteiger partial charge in [-0.25, -0.2) is 0 Å².